The molecule has 2 nitrogen and oxygen atoms in total. The molecule has 0 aliphatic heterocycles. The van der Waals surface area contributed by atoms with Gasteiger partial charge in [0.2, 0.25) is 0 Å². The predicted molar refractivity (Wildman–Crippen MR) is 142 cm³/mol. The van der Waals surface area contributed by atoms with Crippen LogP contribution in [0.5, 0.6) is 0 Å². The van der Waals surface area contributed by atoms with Crippen molar-refractivity contribution in [3.63, 3.8) is 0 Å². The molecular weight excluding hydrogens is 500 g/mol. The summed E-state index contributed by atoms with van der Waals surface area (Å²) in [6.07, 6.45) is 8.65. The van der Waals surface area contributed by atoms with Gasteiger partial charge in [0.05, 0.1) is 0 Å². The number of aromatic nitrogens is 1. The number of aryl methyl sites for hydroxylation is 2. The molecule has 2 heterocycles. The SMILES string of the molecule is Cc1ccc2c(oc3c([Se]c4ccc(C5CCCCC5)cc4)c(F)ccc32)c1-c1cccc[n+]1C. The van der Waals surface area contributed by atoms with E-state index in [2.05, 4.69) is 54.0 Å². The number of pyridine rings is 1. The molecule has 1 fully saturated rings. The Morgan fingerprint density at radius 2 is 1.60 bits per heavy atom. The molecule has 5 aromatic rings. The van der Waals surface area contributed by atoms with Gasteiger partial charge in [-0.3, -0.25) is 0 Å². The molecule has 6 rings (SSSR count). The van der Waals surface area contributed by atoms with Crippen LogP contribution in [-0.2, 0) is 7.05 Å². The molecule has 0 atom stereocenters. The Kier molecular flexibility index (Phi) is 5.96. The van der Waals surface area contributed by atoms with Crippen molar-refractivity contribution < 1.29 is 13.4 Å². The molecule has 0 radical (unpaired) electrons. The van der Waals surface area contributed by atoms with E-state index in [9.17, 15) is 0 Å². The fraction of sp³-hybridized carbons (Fsp3) is 0.258. The molecule has 1 aliphatic carbocycles. The van der Waals surface area contributed by atoms with Gasteiger partial charge in [-0.2, -0.15) is 0 Å². The van der Waals surface area contributed by atoms with Crippen LogP contribution in [0.25, 0.3) is 33.2 Å². The molecule has 176 valence electrons. The van der Waals surface area contributed by atoms with Crippen molar-refractivity contribution >= 4 is 45.8 Å². The Morgan fingerprint density at radius 1 is 0.857 bits per heavy atom. The van der Waals surface area contributed by atoms with Gasteiger partial charge in [-0.1, -0.05) is 0 Å². The minimum absolute atomic E-state index is 0.184. The number of furan rings is 1. The molecule has 0 spiro atoms. The number of rotatable bonds is 4. The monoisotopic (exact) mass is 530 g/mol. The summed E-state index contributed by atoms with van der Waals surface area (Å²) in [4.78, 5) is 0. The molecule has 0 N–H and O–H groups in total. The Hall–Kier alpha value is -2.94. The quantitative estimate of drug-likeness (QED) is 0.199. The van der Waals surface area contributed by atoms with Crippen LogP contribution in [0, 0.1) is 12.7 Å². The van der Waals surface area contributed by atoms with E-state index in [1.54, 1.807) is 6.07 Å². The van der Waals surface area contributed by atoms with Crippen molar-refractivity contribution in [1.29, 1.82) is 0 Å². The fourth-order valence-electron chi connectivity index (χ4n) is 5.51. The zero-order valence-electron chi connectivity index (χ0n) is 20.2. The average molecular weight is 530 g/mol. The second kappa shape index (κ2) is 9.26. The summed E-state index contributed by atoms with van der Waals surface area (Å²) in [7, 11) is 2.04. The average Bonchev–Trinajstić information content (AvgIpc) is 3.26. The summed E-state index contributed by atoms with van der Waals surface area (Å²) in [6.45, 7) is 2.11. The first-order valence-corrected chi connectivity index (χ1v) is 14.2. The Bertz CT molecular complexity index is 1530. The standard InChI is InChI=1S/C31H29FNOSe/c1-20-11-16-24-25-17-18-26(32)31(30(25)34-29(24)28(20)27-10-6-7-19-33(27)2)35-23-14-12-22(13-15-23)21-8-4-3-5-9-21/h6-7,10-19,21H,3-5,8-9H2,1-2H3/q+1. The third kappa shape index (κ3) is 4.09. The van der Waals surface area contributed by atoms with E-state index >= 15 is 4.39 Å². The molecule has 35 heavy (non-hydrogen) atoms. The van der Waals surface area contributed by atoms with Gasteiger partial charge in [0.25, 0.3) is 0 Å². The number of hydrogen-bond donors (Lipinski definition) is 0. The van der Waals surface area contributed by atoms with Gasteiger partial charge < -0.3 is 0 Å². The Balaban J connectivity index is 1.44. The van der Waals surface area contributed by atoms with Crippen LogP contribution in [0.3, 0.4) is 0 Å². The Morgan fingerprint density at radius 3 is 2.37 bits per heavy atom. The van der Waals surface area contributed by atoms with Crippen LogP contribution in [0.4, 0.5) is 4.39 Å². The summed E-state index contributed by atoms with van der Waals surface area (Å²) >= 11 is -0.185. The molecule has 1 saturated carbocycles. The van der Waals surface area contributed by atoms with Crippen LogP contribution >= 0.6 is 0 Å². The molecule has 0 saturated heterocycles. The first-order chi connectivity index (χ1) is 17.1. The summed E-state index contributed by atoms with van der Waals surface area (Å²) < 4.78 is 25.7. The summed E-state index contributed by atoms with van der Waals surface area (Å²) in [5.41, 5.74) is 6.24. The van der Waals surface area contributed by atoms with E-state index in [-0.39, 0.29) is 20.8 Å². The van der Waals surface area contributed by atoms with Crippen molar-refractivity contribution in [1.82, 2.24) is 0 Å². The van der Waals surface area contributed by atoms with Gasteiger partial charge in [0, 0.05) is 0 Å². The van der Waals surface area contributed by atoms with Crippen LogP contribution in [0.15, 0.2) is 77.3 Å². The normalized spacial score (nSPS) is 14.7. The van der Waals surface area contributed by atoms with E-state index < -0.39 is 0 Å². The second-order valence-electron chi connectivity index (χ2n) is 9.69. The van der Waals surface area contributed by atoms with Crippen molar-refractivity contribution in [2.75, 3.05) is 0 Å². The Labute approximate surface area is 211 Å². The number of benzene rings is 3. The maximum absolute atomic E-state index is 15.2. The molecule has 4 heteroatoms. The van der Waals surface area contributed by atoms with Gasteiger partial charge in [-0.15, -0.1) is 0 Å². The molecule has 0 bridgehead atoms. The third-order valence-corrected chi connectivity index (χ3v) is 9.70. The number of halogens is 1. The van der Waals surface area contributed by atoms with Crippen LogP contribution in [0.2, 0.25) is 0 Å². The van der Waals surface area contributed by atoms with Gasteiger partial charge in [0.1, 0.15) is 0 Å². The zero-order valence-corrected chi connectivity index (χ0v) is 21.9. The molecule has 1 aliphatic rings. The fourth-order valence-corrected chi connectivity index (χ4v) is 7.44. The molecule has 2 aromatic heterocycles. The van der Waals surface area contributed by atoms with Gasteiger partial charge in [0.15, 0.2) is 0 Å². The summed E-state index contributed by atoms with van der Waals surface area (Å²) in [6, 6.07) is 22.8. The van der Waals surface area contributed by atoms with Crippen molar-refractivity contribution in [3.8, 4) is 11.3 Å². The molecule has 0 amide bonds. The van der Waals surface area contributed by atoms with Crippen molar-refractivity contribution in [3.05, 3.63) is 89.9 Å². The zero-order chi connectivity index (χ0) is 23.9. The van der Waals surface area contributed by atoms with Crippen molar-refractivity contribution in [2.24, 2.45) is 7.05 Å². The van der Waals surface area contributed by atoms with Crippen LogP contribution in [0.1, 0.15) is 49.1 Å². The number of fused-ring (bicyclic) bond motifs is 3. The number of hydrogen-bond acceptors (Lipinski definition) is 1. The van der Waals surface area contributed by atoms with E-state index in [0.29, 0.717) is 16.0 Å². The topological polar surface area (TPSA) is 17.0 Å². The van der Waals surface area contributed by atoms with Gasteiger partial charge in [-0.05, 0) is 0 Å². The van der Waals surface area contributed by atoms with E-state index in [4.69, 9.17) is 4.42 Å². The second-order valence-corrected chi connectivity index (χ2v) is 12.0. The number of nitrogens with zero attached hydrogens (tertiary/aromatic N) is 1. The molecule has 0 unspecified atom stereocenters. The van der Waals surface area contributed by atoms with Crippen LogP contribution in [-0.4, -0.2) is 15.0 Å². The predicted octanol–water partition coefficient (Wildman–Crippen LogP) is 6.23. The van der Waals surface area contributed by atoms with E-state index in [0.717, 1.165) is 33.2 Å². The van der Waals surface area contributed by atoms with Gasteiger partial charge in [-0.25, -0.2) is 0 Å². The van der Waals surface area contributed by atoms with E-state index in [1.807, 2.05) is 31.4 Å². The third-order valence-electron chi connectivity index (χ3n) is 7.41. The van der Waals surface area contributed by atoms with Crippen molar-refractivity contribution in [2.45, 2.75) is 44.9 Å². The maximum atomic E-state index is 15.2. The van der Waals surface area contributed by atoms with E-state index in [1.165, 1.54) is 42.1 Å². The van der Waals surface area contributed by atoms with Gasteiger partial charge >= 0.3 is 212 Å². The van der Waals surface area contributed by atoms with Crippen LogP contribution < -0.4 is 13.5 Å². The molecule has 3 aromatic carbocycles. The molecular formula is C31H29FNOSe+. The minimum atomic E-state index is -0.185. The first-order valence-electron chi connectivity index (χ1n) is 12.5. The summed E-state index contributed by atoms with van der Waals surface area (Å²) in [5, 5.41) is 2.02. The summed E-state index contributed by atoms with van der Waals surface area (Å²) in [5.74, 6) is 0.498. The first kappa shape index (κ1) is 22.5.